The smallest absolute Gasteiger partial charge is 0.221 e. The van der Waals surface area contributed by atoms with Gasteiger partial charge in [0.25, 0.3) is 0 Å². The Labute approximate surface area is 77.4 Å². The number of aromatic nitrogens is 2. The minimum Gasteiger partial charge on any atom is -0.481 e. The van der Waals surface area contributed by atoms with E-state index in [1.807, 2.05) is 6.92 Å². The molecular formula is C9H13N3O. The fourth-order valence-corrected chi connectivity index (χ4v) is 1.60. The first-order chi connectivity index (χ1) is 6.31. The minimum atomic E-state index is 0.717. The van der Waals surface area contributed by atoms with Crippen molar-refractivity contribution in [1.29, 1.82) is 0 Å². The molecule has 13 heavy (non-hydrogen) atoms. The topological polar surface area (TPSA) is 47.0 Å². The van der Waals surface area contributed by atoms with E-state index < -0.39 is 0 Å². The van der Waals surface area contributed by atoms with Crippen LogP contribution in [0.3, 0.4) is 0 Å². The van der Waals surface area contributed by atoms with E-state index in [2.05, 4.69) is 15.3 Å². The molecule has 70 valence electrons. The number of methoxy groups -OCH3 is 1. The van der Waals surface area contributed by atoms with Crippen LogP contribution in [0.25, 0.3) is 0 Å². The van der Waals surface area contributed by atoms with Gasteiger partial charge in [-0.15, -0.1) is 0 Å². The van der Waals surface area contributed by atoms with E-state index in [0.29, 0.717) is 0 Å². The summed E-state index contributed by atoms with van der Waals surface area (Å²) in [4.78, 5) is 8.62. The van der Waals surface area contributed by atoms with Gasteiger partial charge in [0.05, 0.1) is 12.8 Å². The molecule has 1 aliphatic heterocycles. The fourth-order valence-electron chi connectivity index (χ4n) is 1.60. The molecule has 4 nitrogen and oxygen atoms in total. The van der Waals surface area contributed by atoms with E-state index in [-0.39, 0.29) is 0 Å². The second-order valence-electron chi connectivity index (χ2n) is 3.13. The van der Waals surface area contributed by atoms with Gasteiger partial charge in [-0.3, -0.25) is 0 Å². The lowest BCUT2D eigenvalue weighted by atomic mass is 10.1. The molecule has 0 fully saturated rings. The molecule has 0 radical (unpaired) electrons. The van der Waals surface area contributed by atoms with E-state index in [4.69, 9.17) is 4.74 Å². The third kappa shape index (κ3) is 1.49. The highest BCUT2D eigenvalue weighted by molar-refractivity contribution is 5.32. The van der Waals surface area contributed by atoms with Crippen molar-refractivity contribution in [2.75, 3.05) is 13.7 Å². The van der Waals surface area contributed by atoms with Crippen LogP contribution in [0.4, 0.5) is 0 Å². The molecule has 2 rings (SSSR count). The first kappa shape index (κ1) is 8.44. The number of rotatable bonds is 1. The summed E-state index contributed by atoms with van der Waals surface area (Å²) >= 11 is 0. The van der Waals surface area contributed by atoms with Gasteiger partial charge in [0.15, 0.2) is 0 Å². The van der Waals surface area contributed by atoms with Gasteiger partial charge in [-0.25, -0.2) is 4.98 Å². The maximum Gasteiger partial charge on any atom is 0.221 e. The lowest BCUT2D eigenvalue weighted by molar-refractivity contribution is 0.383. The molecule has 0 aliphatic carbocycles. The molecule has 0 bridgehead atoms. The van der Waals surface area contributed by atoms with Crippen LogP contribution in [0.5, 0.6) is 5.88 Å². The van der Waals surface area contributed by atoms with Gasteiger partial charge in [0.2, 0.25) is 5.88 Å². The van der Waals surface area contributed by atoms with E-state index in [0.717, 1.165) is 42.5 Å². The zero-order valence-electron chi connectivity index (χ0n) is 7.92. The summed E-state index contributed by atoms with van der Waals surface area (Å²) < 4.78 is 5.20. The van der Waals surface area contributed by atoms with E-state index in [1.165, 1.54) is 0 Å². The quantitative estimate of drug-likeness (QED) is 0.679. The van der Waals surface area contributed by atoms with Crippen LogP contribution >= 0.6 is 0 Å². The lowest BCUT2D eigenvalue weighted by Gasteiger charge is -2.18. The van der Waals surface area contributed by atoms with Crippen molar-refractivity contribution in [3.05, 3.63) is 17.1 Å². The molecule has 0 amide bonds. The Hall–Kier alpha value is -1.16. The van der Waals surface area contributed by atoms with Crippen molar-refractivity contribution in [2.45, 2.75) is 19.9 Å². The number of aryl methyl sites for hydroxylation is 1. The second kappa shape index (κ2) is 3.30. The molecule has 0 unspecified atom stereocenters. The number of ether oxygens (including phenoxy) is 1. The van der Waals surface area contributed by atoms with Crippen molar-refractivity contribution in [2.24, 2.45) is 0 Å². The van der Waals surface area contributed by atoms with Crippen LogP contribution < -0.4 is 10.1 Å². The van der Waals surface area contributed by atoms with Crippen LogP contribution in [0.2, 0.25) is 0 Å². The predicted octanol–water partition coefficient (Wildman–Crippen LogP) is 0.439. The highest BCUT2D eigenvalue weighted by Gasteiger charge is 2.16. The highest BCUT2D eigenvalue weighted by Crippen LogP contribution is 2.21. The van der Waals surface area contributed by atoms with Crippen molar-refractivity contribution >= 4 is 0 Å². The molecule has 1 aromatic rings. The Bertz CT molecular complexity index is 308. The third-order valence-corrected chi connectivity index (χ3v) is 2.20. The van der Waals surface area contributed by atoms with Crippen molar-refractivity contribution < 1.29 is 4.74 Å². The molecule has 0 saturated carbocycles. The van der Waals surface area contributed by atoms with Gasteiger partial charge in [-0.1, -0.05) is 0 Å². The highest BCUT2D eigenvalue weighted by atomic mass is 16.5. The maximum atomic E-state index is 5.20. The molecule has 0 aromatic carbocycles. The van der Waals surface area contributed by atoms with Gasteiger partial charge in [0.1, 0.15) is 5.82 Å². The van der Waals surface area contributed by atoms with E-state index >= 15 is 0 Å². The van der Waals surface area contributed by atoms with Crippen molar-refractivity contribution in [3.8, 4) is 5.88 Å². The van der Waals surface area contributed by atoms with Crippen LogP contribution in [-0.2, 0) is 13.0 Å². The number of nitrogens with zero attached hydrogens (tertiary/aromatic N) is 2. The van der Waals surface area contributed by atoms with Gasteiger partial charge in [-0.05, 0) is 6.92 Å². The lowest BCUT2D eigenvalue weighted by Crippen LogP contribution is -2.25. The Balaban J connectivity index is 2.50. The first-order valence-corrected chi connectivity index (χ1v) is 4.42. The van der Waals surface area contributed by atoms with Crippen molar-refractivity contribution in [3.63, 3.8) is 0 Å². The monoisotopic (exact) mass is 179 g/mol. The molecule has 0 saturated heterocycles. The largest absolute Gasteiger partial charge is 0.481 e. The van der Waals surface area contributed by atoms with Crippen LogP contribution in [0.1, 0.15) is 17.1 Å². The molecule has 1 aromatic heterocycles. The normalized spacial score (nSPS) is 15.2. The van der Waals surface area contributed by atoms with Crippen LogP contribution in [-0.4, -0.2) is 23.6 Å². The first-order valence-electron chi connectivity index (χ1n) is 4.42. The van der Waals surface area contributed by atoms with Crippen LogP contribution in [0.15, 0.2) is 0 Å². The maximum absolute atomic E-state index is 5.20. The summed E-state index contributed by atoms with van der Waals surface area (Å²) in [6, 6.07) is 0. The number of nitrogens with one attached hydrogen (secondary N) is 1. The Kier molecular flexibility index (Phi) is 2.14. The summed E-state index contributed by atoms with van der Waals surface area (Å²) in [5.41, 5.74) is 2.24. The van der Waals surface area contributed by atoms with Gasteiger partial charge >= 0.3 is 0 Å². The molecule has 1 aliphatic rings. The molecular weight excluding hydrogens is 166 g/mol. The Morgan fingerprint density at radius 3 is 3.00 bits per heavy atom. The molecule has 4 heteroatoms. The molecule has 0 atom stereocenters. The zero-order valence-corrected chi connectivity index (χ0v) is 7.92. The Morgan fingerprint density at radius 2 is 2.23 bits per heavy atom. The standard InChI is InChI=1S/C9H13N3O/c1-6-11-8-3-4-10-5-7(8)9(12-6)13-2/h10H,3-5H2,1-2H3. The average molecular weight is 179 g/mol. The van der Waals surface area contributed by atoms with E-state index in [9.17, 15) is 0 Å². The number of fused-ring (bicyclic) bond motifs is 1. The predicted molar refractivity (Wildman–Crippen MR) is 48.7 cm³/mol. The second-order valence-corrected chi connectivity index (χ2v) is 3.13. The molecule has 0 spiro atoms. The SMILES string of the molecule is COc1nc(C)nc2c1CNCC2. The summed E-state index contributed by atoms with van der Waals surface area (Å²) in [6.07, 6.45) is 0.967. The summed E-state index contributed by atoms with van der Waals surface area (Å²) in [7, 11) is 1.65. The van der Waals surface area contributed by atoms with Gasteiger partial charge in [-0.2, -0.15) is 4.98 Å². The fraction of sp³-hybridized carbons (Fsp3) is 0.556. The Morgan fingerprint density at radius 1 is 1.38 bits per heavy atom. The average Bonchev–Trinajstić information content (AvgIpc) is 2.16. The summed E-state index contributed by atoms with van der Waals surface area (Å²) in [5.74, 6) is 1.51. The van der Waals surface area contributed by atoms with Gasteiger partial charge in [0, 0.05) is 25.1 Å². The number of hydrogen-bond acceptors (Lipinski definition) is 4. The van der Waals surface area contributed by atoms with Crippen molar-refractivity contribution in [1.82, 2.24) is 15.3 Å². The third-order valence-electron chi connectivity index (χ3n) is 2.20. The van der Waals surface area contributed by atoms with Gasteiger partial charge < -0.3 is 10.1 Å². The summed E-state index contributed by atoms with van der Waals surface area (Å²) in [6.45, 7) is 3.70. The minimum absolute atomic E-state index is 0.717. The molecule has 2 heterocycles. The summed E-state index contributed by atoms with van der Waals surface area (Å²) in [5, 5.41) is 3.28. The molecule has 1 N–H and O–H groups in total. The van der Waals surface area contributed by atoms with E-state index in [1.54, 1.807) is 7.11 Å². The van der Waals surface area contributed by atoms with Crippen LogP contribution in [0, 0.1) is 6.92 Å². The zero-order chi connectivity index (χ0) is 9.26. The number of hydrogen-bond donors (Lipinski definition) is 1.